The van der Waals surface area contributed by atoms with Gasteiger partial charge in [0.25, 0.3) is 0 Å². The van der Waals surface area contributed by atoms with E-state index in [1.807, 2.05) is 322 Å². The lowest BCUT2D eigenvalue weighted by atomic mass is 10.0. The van der Waals surface area contributed by atoms with Crippen LogP contribution in [0.5, 0.6) is 0 Å². The molecular formula is C135H87N15. The standard InChI is InChI=1S/3C45H29N5/c1-4-16-30(17-5-1)33-22-10-13-25-37(33)49-38-26-14-11-23-34(38)35-28-29-40-41(42(35)49)36-24-12-15-27-39(36)50(40)45-47-43(31-18-6-2-7-19-31)46-44(48-45)32-20-8-3-9-21-32;1-4-15-30(16-5-1)33-21-14-22-34(29-33)49-38-25-12-10-23-35(38)36-27-28-40-41(42(36)49)37-24-11-13-26-39(37)50(40)45-47-43(31-17-6-2-7-18-31)46-44(48-45)32-19-8-3-9-20-32;1-4-14-30(15-5-1)31-24-26-33(27-25-31)44-46-43(32-16-6-2-7-17-32)47-45(48-44)50-38-22-12-10-20-35(38)36-28-29-40-41(42(36)50)37-21-11-13-23-39(37)49(40)34-18-8-3-9-19-34/h3*1-29H/i1D,4D,5D,16D,17D;1D,4D,5D,15D,16D;3D,8D,9D,18D,19D. The molecule has 15 heteroatoms. The largest absolute Gasteiger partial charge is 0.309 e. The first-order valence-electron chi connectivity index (χ1n) is 56.7. The first-order valence-corrected chi connectivity index (χ1v) is 49.2. The Labute approximate surface area is 882 Å². The van der Waals surface area contributed by atoms with E-state index in [1.54, 1.807) is 10.6 Å². The van der Waals surface area contributed by atoms with Gasteiger partial charge in [-0.2, -0.15) is 29.9 Å². The molecule has 0 N–H and O–H groups in total. The van der Waals surface area contributed by atoms with Crippen molar-refractivity contribution in [2.24, 2.45) is 0 Å². The minimum Gasteiger partial charge on any atom is -0.309 e. The first-order chi connectivity index (χ1) is 80.7. The van der Waals surface area contributed by atoms with Gasteiger partial charge in [-0.25, -0.2) is 15.0 Å². The molecule has 0 unspecified atom stereocenters. The third kappa shape index (κ3) is 15.1. The van der Waals surface area contributed by atoms with Crippen molar-refractivity contribution in [3.63, 3.8) is 0 Å². The Hall–Kier alpha value is -20.6. The van der Waals surface area contributed by atoms with Gasteiger partial charge in [0.2, 0.25) is 17.8 Å². The van der Waals surface area contributed by atoms with Crippen molar-refractivity contribution in [2.45, 2.75) is 0 Å². The van der Waals surface area contributed by atoms with Crippen molar-refractivity contribution in [1.29, 1.82) is 0 Å². The zero-order chi connectivity index (χ0) is 112. The van der Waals surface area contributed by atoms with Crippen LogP contribution in [0.1, 0.15) is 20.6 Å². The minimum absolute atomic E-state index is 0.0898. The number of rotatable bonds is 15. The molecule has 30 rings (SSSR count). The molecule has 150 heavy (non-hydrogen) atoms. The number of para-hydroxylation sites is 8. The lowest BCUT2D eigenvalue weighted by Gasteiger charge is -2.15. The lowest BCUT2D eigenvalue weighted by Crippen LogP contribution is -2.06. The number of fused-ring (bicyclic) bond motifs is 21. The maximum atomic E-state index is 8.94. The molecule has 702 valence electrons. The monoisotopic (exact) mass is 1930 g/mol. The summed E-state index contributed by atoms with van der Waals surface area (Å²) in [5.74, 6) is 4.66. The van der Waals surface area contributed by atoms with Gasteiger partial charge >= 0.3 is 0 Å². The molecule has 0 atom stereocenters. The van der Waals surface area contributed by atoms with Gasteiger partial charge in [0.05, 0.1) is 92.4 Å². The highest BCUT2D eigenvalue weighted by molar-refractivity contribution is 6.29. The lowest BCUT2D eigenvalue weighted by molar-refractivity contribution is 0.953. The SMILES string of the molecule is [2H]c1c([2H])c([2H])c(-c2cccc(-n3c4ccccc4c4ccc5c(c6ccccc6n5-c5nc(-c6ccccc6)nc(-c6ccccc6)n5)c43)c2)c([2H])c1[2H].[2H]c1c([2H])c([2H])c(-c2ccccc2-n2c3ccccc3c3ccc4c(c5ccccc5n4-c4nc(-c5ccccc5)nc(-c5ccccc5)n4)c32)c([2H])c1[2H].[2H]c1c([2H])c([2H])c(-n2c3ccccc3c3c2ccc2c4ccccc4n(-c4nc(-c5ccccc5)nc(-c5ccc(-c6ccccc6)cc5)n4)c23)c([2H])c1[2H]. The molecule has 0 aliphatic rings. The highest BCUT2D eigenvalue weighted by atomic mass is 15.2. The fourth-order valence-electron chi connectivity index (χ4n) is 21.3. The molecule has 0 radical (unpaired) electrons. The summed E-state index contributed by atoms with van der Waals surface area (Å²) in [6, 6.07) is 139. The summed E-state index contributed by atoms with van der Waals surface area (Å²) in [4.78, 5) is 45.7. The molecule has 0 aliphatic carbocycles. The van der Waals surface area contributed by atoms with Crippen LogP contribution in [-0.4, -0.2) is 72.3 Å². The van der Waals surface area contributed by atoms with Crippen LogP contribution in [-0.2, 0) is 0 Å². The van der Waals surface area contributed by atoms with Crippen LogP contribution in [0.4, 0.5) is 0 Å². The smallest absolute Gasteiger partial charge is 0.238 e. The van der Waals surface area contributed by atoms with Gasteiger partial charge < -0.3 is 13.7 Å². The molecule has 0 fully saturated rings. The molecule has 9 aromatic heterocycles. The van der Waals surface area contributed by atoms with Gasteiger partial charge in [0.1, 0.15) is 0 Å². The van der Waals surface area contributed by atoms with Crippen LogP contribution in [0.2, 0.25) is 0 Å². The van der Waals surface area contributed by atoms with E-state index in [-0.39, 0.29) is 89.3 Å². The summed E-state index contributed by atoms with van der Waals surface area (Å²) < 4.78 is 141. The Morgan fingerprint density at radius 3 is 0.847 bits per heavy atom. The second kappa shape index (κ2) is 37.0. The van der Waals surface area contributed by atoms with Crippen LogP contribution < -0.4 is 0 Å². The fraction of sp³-hybridized carbons (Fsp3) is 0. The minimum atomic E-state index is -0.434. The van der Waals surface area contributed by atoms with Crippen molar-refractivity contribution in [2.75, 3.05) is 0 Å². The van der Waals surface area contributed by atoms with E-state index in [0.29, 0.717) is 80.6 Å². The van der Waals surface area contributed by atoms with Crippen molar-refractivity contribution >= 4 is 131 Å². The van der Waals surface area contributed by atoms with E-state index in [9.17, 15) is 0 Å². The third-order valence-corrected chi connectivity index (χ3v) is 27.8. The molecule has 0 saturated carbocycles. The van der Waals surface area contributed by atoms with Gasteiger partial charge in [-0.3, -0.25) is 13.7 Å². The molecule has 30 aromatic rings. The number of hydrogen-bond acceptors (Lipinski definition) is 9. The summed E-state index contributed by atoms with van der Waals surface area (Å²) in [6.45, 7) is 0. The normalized spacial score (nSPS) is 13.0. The van der Waals surface area contributed by atoms with E-state index >= 15 is 0 Å². The average Bonchev–Trinajstić information content (AvgIpc) is 1.57. The second-order valence-electron chi connectivity index (χ2n) is 36.3. The molecule has 0 aliphatic heterocycles. The van der Waals surface area contributed by atoms with Gasteiger partial charge in [0, 0.05) is 115 Å². The highest BCUT2D eigenvalue weighted by Gasteiger charge is 2.30. The van der Waals surface area contributed by atoms with Gasteiger partial charge in [-0.1, -0.05) is 443 Å². The zero-order valence-corrected chi connectivity index (χ0v) is 79.8. The Kier molecular flexibility index (Phi) is 17.9. The topological polar surface area (TPSA) is 146 Å². The summed E-state index contributed by atoms with van der Waals surface area (Å²) in [7, 11) is 0. The quantitative estimate of drug-likeness (QED) is 0.0979. The number of hydrogen-bond donors (Lipinski definition) is 0. The van der Waals surface area contributed by atoms with E-state index in [2.05, 4.69) is 132 Å². The van der Waals surface area contributed by atoms with Gasteiger partial charge in [0.15, 0.2) is 34.9 Å². The van der Waals surface area contributed by atoms with E-state index in [1.165, 1.54) is 0 Å². The Bertz CT molecular complexity index is 11300. The van der Waals surface area contributed by atoms with Crippen molar-refractivity contribution in [3.05, 3.63) is 527 Å². The molecule has 0 spiro atoms. The van der Waals surface area contributed by atoms with Crippen LogP contribution in [0, 0.1) is 0 Å². The zero-order valence-electron chi connectivity index (χ0n) is 94.8. The summed E-state index contributed by atoms with van der Waals surface area (Å²) in [5.41, 5.74) is 20.8. The summed E-state index contributed by atoms with van der Waals surface area (Å²) >= 11 is 0. The maximum absolute atomic E-state index is 8.94. The average molecular weight is 1930 g/mol. The Balaban J connectivity index is 0.000000116. The third-order valence-electron chi connectivity index (χ3n) is 27.8. The molecule has 15 nitrogen and oxygen atoms in total. The first kappa shape index (κ1) is 72.7. The van der Waals surface area contributed by atoms with Crippen LogP contribution in [0.25, 0.3) is 267 Å². The molecule has 0 saturated heterocycles. The molecular weight excluding hydrogens is 1830 g/mol. The van der Waals surface area contributed by atoms with Crippen molar-refractivity contribution < 1.29 is 20.6 Å². The molecule has 0 bridgehead atoms. The number of nitrogens with zero attached hydrogens (tertiary/aromatic N) is 15. The molecule has 21 aromatic carbocycles. The predicted octanol–water partition coefficient (Wildman–Crippen LogP) is 33.2. The summed E-state index contributed by atoms with van der Waals surface area (Å²) in [6.07, 6.45) is 0. The number of benzene rings is 21. The Morgan fingerprint density at radius 2 is 0.433 bits per heavy atom. The number of aromatic nitrogens is 15. The van der Waals surface area contributed by atoms with Crippen LogP contribution in [0.15, 0.2) is 527 Å². The Morgan fingerprint density at radius 1 is 0.153 bits per heavy atom. The molecule has 9 heterocycles. The molecule has 0 amide bonds. The predicted molar refractivity (Wildman–Crippen MR) is 614 cm³/mol. The van der Waals surface area contributed by atoms with Gasteiger partial charge in [-0.05, 0) is 113 Å². The van der Waals surface area contributed by atoms with Crippen molar-refractivity contribution in [3.8, 4) is 137 Å². The van der Waals surface area contributed by atoms with Crippen molar-refractivity contribution in [1.82, 2.24) is 72.3 Å². The van der Waals surface area contributed by atoms with E-state index in [4.69, 9.17) is 65.4 Å². The highest BCUT2D eigenvalue weighted by Crippen LogP contribution is 2.49. The maximum Gasteiger partial charge on any atom is 0.238 e. The van der Waals surface area contributed by atoms with E-state index < -0.39 is 18.1 Å². The summed E-state index contributed by atoms with van der Waals surface area (Å²) in [5, 5.41) is 11.7. The second-order valence-corrected chi connectivity index (χ2v) is 36.3. The van der Waals surface area contributed by atoms with Gasteiger partial charge in [-0.15, -0.1) is 0 Å². The van der Waals surface area contributed by atoms with Crippen LogP contribution in [0.3, 0.4) is 0 Å². The van der Waals surface area contributed by atoms with E-state index in [0.717, 1.165) is 170 Å². The fourth-order valence-corrected chi connectivity index (χ4v) is 21.3. The van der Waals surface area contributed by atoms with Crippen LogP contribution >= 0.6 is 0 Å².